The molecule has 110 valence electrons. The van der Waals surface area contributed by atoms with E-state index in [9.17, 15) is 4.79 Å². The van der Waals surface area contributed by atoms with Crippen molar-refractivity contribution in [2.24, 2.45) is 11.7 Å². The first kappa shape index (κ1) is 13.8. The number of likely N-dealkylation sites (tertiary alicyclic amines) is 1. The van der Waals surface area contributed by atoms with Crippen molar-refractivity contribution >= 4 is 5.91 Å². The molecule has 0 spiro atoms. The summed E-state index contributed by atoms with van der Waals surface area (Å²) < 4.78 is 1.84. The van der Waals surface area contributed by atoms with Crippen LogP contribution in [-0.2, 0) is 4.79 Å². The normalized spacial score (nSPS) is 20.0. The Balaban J connectivity index is 1.92. The van der Waals surface area contributed by atoms with Gasteiger partial charge in [0.1, 0.15) is 0 Å². The van der Waals surface area contributed by atoms with Gasteiger partial charge in [-0.15, -0.1) is 0 Å². The maximum atomic E-state index is 12.2. The van der Waals surface area contributed by atoms with Crippen LogP contribution in [0.15, 0.2) is 42.7 Å². The van der Waals surface area contributed by atoms with E-state index in [1.165, 1.54) is 0 Å². The molecule has 5 heteroatoms. The zero-order valence-corrected chi connectivity index (χ0v) is 12.1. The minimum Gasteiger partial charge on any atom is -0.336 e. The quantitative estimate of drug-likeness (QED) is 0.930. The first-order chi connectivity index (χ1) is 10.2. The van der Waals surface area contributed by atoms with Crippen LogP contribution in [0.25, 0.3) is 5.69 Å². The van der Waals surface area contributed by atoms with Crippen molar-refractivity contribution in [2.75, 3.05) is 13.1 Å². The molecule has 21 heavy (non-hydrogen) atoms. The lowest BCUT2D eigenvalue weighted by Crippen LogP contribution is -2.30. The van der Waals surface area contributed by atoms with Crippen molar-refractivity contribution in [3.05, 3.63) is 48.3 Å². The molecule has 3 rings (SSSR count). The molecule has 1 aliphatic rings. The van der Waals surface area contributed by atoms with Crippen LogP contribution in [0, 0.1) is 5.92 Å². The highest BCUT2D eigenvalue weighted by atomic mass is 16.2. The molecular formula is C16H20N4O. The lowest BCUT2D eigenvalue weighted by molar-refractivity contribution is -0.129. The lowest BCUT2D eigenvalue weighted by Gasteiger charge is -2.27. The number of carbonyl (C=O) groups excluding carboxylic acids is 1. The first-order valence-corrected chi connectivity index (χ1v) is 7.29. The molecule has 2 aromatic rings. The number of rotatable bonds is 4. The molecule has 1 fully saturated rings. The second-order valence-corrected chi connectivity index (χ2v) is 5.54. The van der Waals surface area contributed by atoms with E-state index in [0.29, 0.717) is 13.0 Å². The van der Waals surface area contributed by atoms with Crippen molar-refractivity contribution in [2.45, 2.75) is 19.4 Å². The molecule has 2 N–H and O–H groups in total. The predicted octanol–water partition coefficient (Wildman–Crippen LogP) is 1.74. The van der Waals surface area contributed by atoms with Crippen LogP contribution >= 0.6 is 0 Å². The molecule has 0 saturated carbocycles. The van der Waals surface area contributed by atoms with Crippen LogP contribution in [0.5, 0.6) is 0 Å². The Morgan fingerprint density at radius 1 is 1.38 bits per heavy atom. The molecule has 2 atom stereocenters. The zero-order valence-electron chi connectivity index (χ0n) is 12.1. The fourth-order valence-corrected chi connectivity index (χ4v) is 2.97. The number of aromatic nitrogens is 2. The van der Waals surface area contributed by atoms with E-state index in [1.54, 1.807) is 6.20 Å². The minimum atomic E-state index is 0.0226. The van der Waals surface area contributed by atoms with E-state index in [2.05, 4.69) is 18.1 Å². The minimum absolute atomic E-state index is 0.0226. The fraction of sp³-hybridized carbons (Fsp3) is 0.375. The molecule has 5 nitrogen and oxygen atoms in total. The summed E-state index contributed by atoms with van der Waals surface area (Å²) in [5.74, 6) is 0.463. The van der Waals surface area contributed by atoms with Gasteiger partial charge in [0, 0.05) is 30.9 Å². The molecule has 1 aromatic heterocycles. The van der Waals surface area contributed by atoms with Crippen LogP contribution in [0.1, 0.15) is 24.9 Å². The maximum absolute atomic E-state index is 12.2. The lowest BCUT2D eigenvalue weighted by atomic mass is 10.0. The Bertz CT molecular complexity index is 623. The van der Waals surface area contributed by atoms with Gasteiger partial charge in [-0.05, 0) is 31.5 Å². The smallest absolute Gasteiger partial charge is 0.223 e. The number of carbonyl (C=O) groups is 1. The van der Waals surface area contributed by atoms with E-state index >= 15 is 0 Å². The summed E-state index contributed by atoms with van der Waals surface area (Å²) in [5, 5.41) is 4.30. The maximum Gasteiger partial charge on any atom is 0.223 e. The highest BCUT2D eigenvalue weighted by molar-refractivity contribution is 5.79. The van der Waals surface area contributed by atoms with Gasteiger partial charge in [0.15, 0.2) is 0 Å². The number of para-hydroxylation sites is 1. The average Bonchev–Trinajstić information content (AvgIpc) is 3.16. The van der Waals surface area contributed by atoms with Crippen molar-refractivity contribution in [3.63, 3.8) is 0 Å². The van der Waals surface area contributed by atoms with Crippen molar-refractivity contribution in [1.82, 2.24) is 14.7 Å². The van der Waals surface area contributed by atoms with E-state index in [4.69, 9.17) is 5.73 Å². The molecule has 1 aromatic carbocycles. The van der Waals surface area contributed by atoms with E-state index in [1.807, 2.05) is 40.0 Å². The summed E-state index contributed by atoms with van der Waals surface area (Å²) in [6.07, 6.45) is 4.23. The Morgan fingerprint density at radius 2 is 2.19 bits per heavy atom. The summed E-state index contributed by atoms with van der Waals surface area (Å²) in [7, 11) is 0. The van der Waals surface area contributed by atoms with Gasteiger partial charge in [0.2, 0.25) is 5.91 Å². The number of nitrogens with zero attached hydrogens (tertiary/aromatic N) is 3. The van der Waals surface area contributed by atoms with Gasteiger partial charge in [-0.3, -0.25) is 4.79 Å². The highest BCUT2D eigenvalue weighted by Gasteiger charge is 2.33. The van der Waals surface area contributed by atoms with Gasteiger partial charge < -0.3 is 10.6 Å². The van der Waals surface area contributed by atoms with E-state index < -0.39 is 0 Å². The SMILES string of the molecule is CC(c1ccccc1-n1cccn1)N1CC(CN)CC1=O. The second kappa shape index (κ2) is 5.69. The first-order valence-electron chi connectivity index (χ1n) is 7.29. The summed E-state index contributed by atoms with van der Waals surface area (Å²) >= 11 is 0. The van der Waals surface area contributed by atoms with Crippen molar-refractivity contribution < 1.29 is 4.79 Å². The third-order valence-corrected chi connectivity index (χ3v) is 4.18. The van der Waals surface area contributed by atoms with Gasteiger partial charge in [-0.2, -0.15) is 5.10 Å². The van der Waals surface area contributed by atoms with Crippen molar-refractivity contribution in [3.8, 4) is 5.69 Å². The summed E-state index contributed by atoms with van der Waals surface area (Å²) in [6.45, 7) is 3.37. The predicted molar refractivity (Wildman–Crippen MR) is 80.9 cm³/mol. The molecule has 2 unspecified atom stereocenters. The van der Waals surface area contributed by atoms with E-state index in [0.717, 1.165) is 17.8 Å². The molecule has 0 bridgehead atoms. The van der Waals surface area contributed by atoms with Gasteiger partial charge >= 0.3 is 0 Å². The number of amides is 1. The van der Waals surface area contributed by atoms with Gasteiger partial charge in [0.05, 0.1) is 11.7 Å². The number of hydrogen-bond acceptors (Lipinski definition) is 3. The second-order valence-electron chi connectivity index (χ2n) is 5.54. The average molecular weight is 284 g/mol. The monoisotopic (exact) mass is 284 g/mol. The summed E-state index contributed by atoms with van der Waals surface area (Å²) in [6, 6.07) is 9.99. The molecule has 2 heterocycles. The van der Waals surface area contributed by atoms with Crippen LogP contribution in [-0.4, -0.2) is 33.7 Å². The van der Waals surface area contributed by atoms with Crippen LogP contribution in [0.2, 0.25) is 0 Å². The van der Waals surface area contributed by atoms with Gasteiger partial charge in [-0.1, -0.05) is 18.2 Å². The molecule has 1 aliphatic heterocycles. The third kappa shape index (κ3) is 2.56. The van der Waals surface area contributed by atoms with Crippen LogP contribution in [0.3, 0.4) is 0 Å². The molecule has 0 radical (unpaired) electrons. The highest BCUT2D eigenvalue weighted by Crippen LogP contribution is 2.31. The Kier molecular flexibility index (Phi) is 3.75. The van der Waals surface area contributed by atoms with Gasteiger partial charge in [0.25, 0.3) is 0 Å². The van der Waals surface area contributed by atoms with Gasteiger partial charge in [-0.25, -0.2) is 4.68 Å². The molecule has 1 amide bonds. The number of benzene rings is 1. The summed E-state index contributed by atoms with van der Waals surface area (Å²) in [5.41, 5.74) is 7.83. The Labute approximate surface area is 124 Å². The third-order valence-electron chi connectivity index (χ3n) is 4.18. The number of hydrogen-bond donors (Lipinski definition) is 1. The molecule has 0 aliphatic carbocycles. The summed E-state index contributed by atoms with van der Waals surface area (Å²) in [4.78, 5) is 14.1. The molecular weight excluding hydrogens is 264 g/mol. The van der Waals surface area contributed by atoms with Crippen molar-refractivity contribution in [1.29, 1.82) is 0 Å². The van der Waals surface area contributed by atoms with Crippen LogP contribution in [0.4, 0.5) is 0 Å². The fourth-order valence-electron chi connectivity index (χ4n) is 2.97. The van der Waals surface area contributed by atoms with E-state index in [-0.39, 0.29) is 17.9 Å². The topological polar surface area (TPSA) is 64.2 Å². The van der Waals surface area contributed by atoms with Crippen LogP contribution < -0.4 is 5.73 Å². The Morgan fingerprint density at radius 3 is 2.86 bits per heavy atom. The zero-order chi connectivity index (χ0) is 14.8. The number of nitrogens with two attached hydrogens (primary N) is 1. The standard InChI is InChI=1S/C16H20N4O/c1-12(19-11-13(10-17)9-16(19)21)14-5-2-3-6-15(14)20-8-4-7-18-20/h2-8,12-13H,9-11,17H2,1H3. The Hall–Kier alpha value is -2.14. The largest absolute Gasteiger partial charge is 0.336 e. The molecule has 1 saturated heterocycles.